The Morgan fingerprint density at radius 1 is 1.24 bits per heavy atom. The fourth-order valence-electron chi connectivity index (χ4n) is 1.93. The SMILES string of the molecule is C=c1cc(-c2ccc(F)cc2)o/c1=C/C(NS(C)(=O)=O)=C(C)C.CN. The van der Waals surface area contributed by atoms with E-state index in [2.05, 4.69) is 17.0 Å². The second-order valence-corrected chi connectivity index (χ2v) is 7.19. The Bertz CT molecular complexity index is 955. The Hall–Kier alpha value is -2.38. The molecule has 3 N–H and O–H groups in total. The van der Waals surface area contributed by atoms with Crippen LogP contribution in [-0.4, -0.2) is 21.7 Å². The van der Waals surface area contributed by atoms with E-state index in [0.29, 0.717) is 27.7 Å². The zero-order valence-corrected chi connectivity index (χ0v) is 15.6. The summed E-state index contributed by atoms with van der Waals surface area (Å²) in [6, 6.07) is 7.62. The molecule has 2 aromatic rings. The Labute approximate surface area is 147 Å². The zero-order chi connectivity index (χ0) is 19.2. The molecule has 25 heavy (non-hydrogen) atoms. The van der Waals surface area contributed by atoms with E-state index < -0.39 is 10.0 Å². The number of nitrogens with one attached hydrogen (secondary N) is 1. The molecule has 0 unspecified atom stereocenters. The molecule has 0 aliphatic rings. The molecule has 1 aromatic carbocycles. The average Bonchev–Trinajstić information content (AvgIpc) is 2.89. The standard InChI is InChI=1S/C17H18FNO3S.CH5N/c1-11(2)15(19-23(4,20)21)10-16-12(3)9-17(22-16)13-5-7-14(18)8-6-13;1-2/h5-10,19H,3H2,1-2,4H3;2H2,1H3/b16-10+;. The summed E-state index contributed by atoms with van der Waals surface area (Å²) in [6.07, 6.45) is 2.67. The van der Waals surface area contributed by atoms with Gasteiger partial charge in [-0.1, -0.05) is 12.2 Å². The van der Waals surface area contributed by atoms with Gasteiger partial charge in [0.2, 0.25) is 10.0 Å². The molecule has 1 heterocycles. The number of sulfonamides is 1. The molecule has 2 rings (SSSR count). The van der Waals surface area contributed by atoms with Gasteiger partial charge in [-0.25, -0.2) is 12.8 Å². The normalized spacial score (nSPS) is 11.5. The molecule has 7 heteroatoms. The number of hydrogen-bond donors (Lipinski definition) is 2. The van der Waals surface area contributed by atoms with E-state index in [1.807, 2.05) is 0 Å². The molecule has 1 aromatic heterocycles. The first-order valence-electron chi connectivity index (χ1n) is 7.45. The van der Waals surface area contributed by atoms with Crippen molar-refractivity contribution in [3.8, 4) is 11.3 Å². The van der Waals surface area contributed by atoms with Crippen molar-refractivity contribution in [3.63, 3.8) is 0 Å². The second-order valence-electron chi connectivity index (χ2n) is 5.44. The molecule has 0 radical (unpaired) electrons. The molecule has 0 saturated heterocycles. The largest absolute Gasteiger partial charge is 0.456 e. The number of halogens is 1. The number of hydrogen-bond acceptors (Lipinski definition) is 4. The van der Waals surface area contributed by atoms with Crippen LogP contribution in [0.4, 0.5) is 4.39 Å². The Morgan fingerprint density at radius 3 is 2.28 bits per heavy atom. The first-order chi connectivity index (χ1) is 11.7. The monoisotopic (exact) mass is 366 g/mol. The van der Waals surface area contributed by atoms with Crippen LogP contribution in [0.3, 0.4) is 0 Å². The third kappa shape index (κ3) is 6.21. The smallest absolute Gasteiger partial charge is 0.229 e. The highest BCUT2D eigenvalue weighted by molar-refractivity contribution is 7.88. The molecule has 0 aliphatic heterocycles. The van der Waals surface area contributed by atoms with E-state index in [4.69, 9.17) is 4.42 Å². The van der Waals surface area contributed by atoms with Crippen molar-refractivity contribution >= 4 is 22.7 Å². The van der Waals surface area contributed by atoms with Crippen LogP contribution >= 0.6 is 0 Å². The van der Waals surface area contributed by atoms with Crippen LogP contribution in [0.1, 0.15) is 13.8 Å². The summed E-state index contributed by atoms with van der Waals surface area (Å²) in [5.74, 6) is 0.208. The van der Waals surface area contributed by atoms with Crippen molar-refractivity contribution in [2.45, 2.75) is 13.8 Å². The third-order valence-corrected chi connectivity index (χ3v) is 3.67. The van der Waals surface area contributed by atoms with Crippen LogP contribution in [0.2, 0.25) is 0 Å². The summed E-state index contributed by atoms with van der Waals surface area (Å²) in [6.45, 7) is 7.47. The lowest BCUT2D eigenvalue weighted by Crippen LogP contribution is -2.25. The Balaban J connectivity index is 0.00000151. The molecule has 0 fully saturated rings. The highest BCUT2D eigenvalue weighted by Crippen LogP contribution is 2.16. The topological polar surface area (TPSA) is 85.3 Å². The fourth-order valence-corrected chi connectivity index (χ4v) is 2.59. The van der Waals surface area contributed by atoms with Gasteiger partial charge in [-0.05, 0) is 51.2 Å². The van der Waals surface area contributed by atoms with E-state index in [1.165, 1.54) is 19.2 Å². The van der Waals surface area contributed by atoms with Crippen molar-refractivity contribution in [3.05, 3.63) is 58.1 Å². The van der Waals surface area contributed by atoms with Gasteiger partial charge in [0.1, 0.15) is 17.0 Å². The number of rotatable bonds is 4. The summed E-state index contributed by atoms with van der Waals surface area (Å²) in [5, 5.41) is 0.610. The van der Waals surface area contributed by atoms with Crippen LogP contribution in [0.25, 0.3) is 24.0 Å². The Kier molecular flexibility index (Phi) is 7.14. The van der Waals surface area contributed by atoms with Gasteiger partial charge in [0.15, 0.2) is 0 Å². The van der Waals surface area contributed by atoms with E-state index >= 15 is 0 Å². The van der Waals surface area contributed by atoms with Gasteiger partial charge in [0, 0.05) is 16.9 Å². The number of allylic oxidation sites excluding steroid dienone is 2. The maximum absolute atomic E-state index is 13.0. The summed E-state index contributed by atoms with van der Waals surface area (Å²) < 4.78 is 44.0. The van der Waals surface area contributed by atoms with Gasteiger partial charge in [-0.15, -0.1) is 0 Å². The number of furan rings is 1. The lowest BCUT2D eigenvalue weighted by molar-refractivity contribution is 0.544. The van der Waals surface area contributed by atoms with E-state index in [1.54, 1.807) is 38.1 Å². The predicted molar refractivity (Wildman–Crippen MR) is 99.8 cm³/mol. The van der Waals surface area contributed by atoms with E-state index in [9.17, 15) is 12.8 Å². The van der Waals surface area contributed by atoms with Crippen molar-refractivity contribution in [2.75, 3.05) is 13.3 Å². The first-order valence-corrected chi connectivity index (χ1v) is 9.34. The molecular formula is C18H23FN2O3S. The summed E-state index contributed by atoms with van der Waals surface area (Å²) in [4.78, 5) is 0. The molecular weight excluding hydrogens is 343 g/mol. The van der Waals surface area contributed by atoms with Crippen molar-refractivity contribution in [1.82, 2.24) is 4.72 Å². The van der Waals surface area contributed by atoms with Crippen molar-refractivity contribution in [2.24, 2.45) is 5.73 Å². The molecule has 0 aliphatic carbocycles. The fraction of sp³-hybridized carbons (Fsp3) is 0.222. The predicted octanol–water partition coefficient (Wildman–Crippen LogP) is 1.69. The maximum Gasteiger partial charge on any atom is 0.229 e. The zero-order valence-electron chi connectivity index (χ0n) is 14.8. The summed E-state index contributed by atoms with van der Waals surface area (Å²) in [7, 11) is -1.89. The van der Waals surface area contributed by atoms with Gasteiger partial charge in [0.05, 0.1) is 12.0 Å². The first kappa shape index (κ1) is 20.7. The molecule has 5 nitrogen and oxygen atoms in total. The molecule has 0 bridgehead atoms. The third-order valence-electron chi connectivity index (χ3n) is 3.08. The summed E-state index contributed by atoms with van der Waals surface area (Å²) in [5.41, 5.74) is 6.87. The lowest BCUT2D eigenvalue weighted by atomic mass is 10.2. The minimum atomic E-state index is -3.39. The van der Waals surface area contributed by atoms with Gasteiger partial charge >= 0.3 is 0 Å². The highest BCUT2D eigenvalue weighted by Gasteiger charge is 2.07. The lowest BCUT2D eigenvalue weighted by Gasteiger charge is -2.06. The van der Waals surface area contributed by atoms with Gasteiger partial charge in [-0.2, -0.15) is 0 Å². The average molecular weight is 366 g/mol. The number of nitrogens with two attached hydrogens (primary N) is 1. The minimum absolute atomic E-state index is 0.328. The van der Waals surface area contributed by atoms with Crippen LogP contribution in [0, 0.1) is 5.82 Å². The number of benzene rings is 1. The van der Waals surface area contributed by atoms with Crippen molar-refractivity contribution < 1.29 is 17.2 Å². The Morgan fingerprint density at radius 2 is 1.80 bits per heavy atom. The van der Waals surface area contributed by atoms with Gasteiger partial charge in [-0.3, -0.25) is 4.72 Å². The summed E-state index contributed by atoms with van der Waals surface area (Å²) >= 11 is 0. The molecule has 136 valence electrons. The molecule has 0 saturated carbocycles. The highest BCUT2D eigenvalue weighted by atomic mass is 32.2. The van der Waals surface area contributed by atoms with Gasteiger partial charge < -0.3 is 10.2 Å². The van der Waals surface area contributed by atoms with E-state index in [0.717, 1.165) is 11.8 Å². The molecule has 0 atom stereocenters. The second kappa shape index (κ2) is 8.64. The molecule has 0 amide bonds. The van der Waals surface area contributed by atoms with Gasteiger partial charge in [0.25, 0.3) is 0 Å². The van der Waals surface area contributed by atoms with Crippen molar-refractivity contribution in [1.29, 1.82) is 0 Å². The van der Waals surface area contributed by atoms with Crippen LogP contribution in [0.5, 0.6) is 0 Å². The molecule has 0 spiro atoms. The van der Waals surface area contributed by atoms with E-state index in [-0.39, 0.29) is 5.82 Å². The van der Waals surface area contributed by atoms with Crippen LogP contribution in [-0.2, 0) is 10.0 Å². The quantitative estimate of drug-likeness (QED) is 0.862. The minimum Gasteiger partial charge on any atom is -0.456 e. The van der Waals surface area contributed by atoms with Crippen LogP contribution in [0.15, 0.2) is 46.0 Å². The van der Waals surface area contributed by atoms with Crippen LogP contribution < -0.4 is 21.1 Å². The maximum atomic E-state index is 13.0.